The van der Waals surface area contributed by atoms with E-state index in [1.165, 1.54) is 43.4 Å². The molecule has 0 radical (unpaired) electrons. The van der Waals surface area contributed by atoms with Crippen LogP contribution in [0.2, 0.25) is 5.02 Å². The van der Waals surface area contributed by atoms with Gasteiger partial charge in [0.05, 0.1) is 0 Å². The fourth-order valence-corrected chi connectivity index (χ4v) is 4.12. The molecule has 3 heteroatoms. The van der Waals surface area contributed by atoms with Crippen LogP contribution in [-0.2, 0) is 19.4 Å². The number of aryl methyl sites for hydroxylation is 1. The number of halogens is 1. The Bertz CT molecular complexity index is 789. The Kier molecular flexibility index (Phi) is 4.02. The van der Waals surface area contributed by atoms with E-state index in [0.29, 0.717) is 10.9 Å². The Morgan fingerprint density at radius 1 is 1.04 bits per heavy atom. The minimum atomic E-state index is 0.144. The van der Waals surface area contributed by atoms with Gasteiger partial charge in [0.1, 0.15) is 0 Å². The summed E-state index contributed by atoms with van der Waals surface area (Å²) in [5, 5.41) is 0.663. The number of pyridine rings is 1. The highest BCUT2D eigenvalue weighted by atomic mass is 35.5. The van der Waals surface area contributed by atoms with E-state index in [-0.39, 0.29) is 5.56 Å². The number of fused-ring (bicyclic) bond motifs is 1. The van der Waals surface area contributed by atoms with Crippen LogP contribution in [0.5, 0.6) is 0 Å². The highest BCUT2D eigenvalue weighted by molar-refractivity contribution is 6.33. The lowest BCUT2D eigenvalue weighted by Crippen LogP contribution is -2.32. The summed E-state index contributed by atoms with van der Waals surface area (Å²) in [6, 6.07) is 9.80. The van der Waals surface area contributed by atoms with Crippen molar-refractivity contribution >= 4 is 11.6 Å². The van der Waals surface area contributed by atoms with Gasteiger partial charge in [0.15, 0.2) is 0 Å². The minimum Gasteiger partial charge on any atom is -0.312 e. The van der Waals surface area contributed by atoms with E-state index < -0.39 is 0 Å². The van der Waals surface area contributed by atoms with Crippen LogP contribution in [0.3, 0.4) is 0 Å². The molecule has 1 fully saturated rings. The lowest BCUT2D eigenvalue weighted by atomic mass is 9.84. The Balaban J connectivity index is 1.88. The van der Waals surface area contributed by atoms with Gasteiger partial charge < -0.3 is 4.57 Å². The summed E-state index contributed by atoms with van der Waals surface area (Å²) in [7, 11) is 0. The first-order chi connectivity index (χ1) is 11.2. The fraction of sp³-hybridized carbons (Fsp3) is 0.450. The van der Waals surface area contributed by atoms with Gasteiger partial charge in [-0.05, 0) is 62.1 Å². The van der Waals surface area contributed by atoms with E-state index in [9.17, 15) is 4.79 Å². The van der Waals surface area contributed by atoms with Gasteiger partial charge in [-0.3, -0.25) is 4.79 Å². The van der Waals surface area contributed by atoms with E-state index in [1.54, 1.807) is 0 Å². The summed E-state index contributed by atoms with van der Waals surface area (Å²) in [5.41, 5.74) is 4.42. The van der Waals surface area contributed by atoms with Crippen molar-refractivity contribution < 1.29 is 0 Å². The van der Waals surface area contributed by atoms with Crippen LogP contribution in [0.1, 0.15) is 43.4 Å². The van der Waals surface area contributed by atoms with Crippen molar-refractivity contribution in [1.29, 1.82) is 0 Å². The van der Waals surface area contributed by atoms with Gasteiger partial charge in [0.25, 0.3) is 5.56 Å². The Morgan fingerprint density at radius 3 is 2.57 bits per heavy atom. The predicted octanol–water partition coefficient (Wildman–Crippen LogP) is 4.85. The topological polar surface area (TPSA) is 22.0 Å². The maximum absolute atomic E-state index is 13.2. The molecule has 120 valence electrons. The van der Waals surface area contributed by atoms with Crippen molar-refractivity contribution in [3.05, 3.63) is 57.0 Å². The first kappa shape index (κ1) is 15.0. The highest BCUT2D eigenvalue weighted by Crippen LogP contribution is 2.32. The standard InChI is InChI=1S/C20H22ClNO/c21-18-10-3-2-9-16(18)17-12-15-8-1-4-11-19(15)22(20(17)23)13-14-6-5-7-14/h2-3,9-10,12,14H,1,4-8,11,13H2. The zero-order valence-corrected chi connectivity index (χ0v) is 14.1. The molecule has 1 heterocycles. The van der Waals surface area contributed by atoms with Crippen molar-refractivity contribution in [2.24, 2.45) is 5.92 Å². The summed E-state index contributed by atoms with van der Waals surface area (Å²) in [4.78, 5) is 13.2. The zero-order valence-electron chi connectivity index (χ0n) is 13.4. The molecule has 0 saturated heterocycles. The number of hydrogen-bond donors (Lipinski definition) is 0. The number of nitrogens with zero attached hydrogens (tertiary/aromatic N) is 1. The van der Waals surface area contributed by atoms with E-state index in [0.717, 1.165) is 30.5 Å². The van der Waals surface area contributed by atoms with Gasteiger partial charge in [-0.1, -0.05) is 36.2 Å². The smallest absolute Gasteiger partial charge is 0.258 e. The summed E-state index contributed by atoms with van der Waals surface area (Å²) in [5.74, 6) is 0.681. The first-order valence-electron chi connectivity index (χ1n) is 8.74. The van der Waals surface area contributed by atoms with E-state index in [1.807, 2.05) is 24.3 Å². The van der Waals surface area contributed by atoms with Crippen LogP contribution >= 0.6 is 11.6 Å². The molecule has 1 aromatic carbocycles. The van der Waals surface area contributed by atoms with Gasteiger partial charge in [0.2, 0.25) is 0 Å². The lowest BCUT2D eigenvalue weighted by Gasteiger charge is -2.30. The van der Waals surface area contributed by atoms with Crippen molar-refractivity contribution in [2.75, 3.05) is 0 Å². The molecule has 0 spiro atoms. The van der Waals surface area contributed by atoms with E-state index >= 15 is 0 Å². The SMILES string of the molecule is O=c1c(-c2ccccc2Cl)cc2c(n1CC1CCC1)CCCC2. The third-order valence-electron chi connectivity index (χ3n) is 5.43. The molecule has 23 heavy (non-hydrogen) atoms. The van der Waals surface area contributed by atoms with Crippen molar-refractivity contribution in [2.45, 2.75) is 51.5 Å². The number of rotatable bonds is 3. The van der Waals surface area contributed by atoms with Gasteiger partial charge in [-0.25, -0.2) is 0 Å². The second-order valence-electron chi connectivity index (χ2n) is 6.93. The van der Waals surface area contributed by atoms with Gasteiger partial charge in [-0.2, -0.15) is 0 Å². The van der Waals surface area contributed by atoms with Crippen molar-refractivity contribution in [1.82, 2.24) is 4.57 Å². The molecule has 4 rings (SSSR count). The average molecular weight is 328 g/mol. The molecule has 0 N–H and O–H groups in total. The molecule has 0 unspecified atom stereocenters. The number of aromatic nitrogens is 1. The van der Waals surface area contributed by atoms with Gasteiger partial charge in [-0.15, -0.1) is 0 Å². The van der Waals surface area contributed by atoms with Crippen LogP contribution in [0.25, 0.3) is 11.1 Å². The molecule has 2 aliphatic rings. The summed E-state index contributed by atoms with van der Waals surface area (Å²) in [6.07, 6.45) is 8.37. The van der Waals surface area contributed by atoms with Crippen LogP contribution in [-0.4, -0.2) is 4.57 Å². The van der Waals surface area contributed by atoms with Gasteiger partial charge in [0, 0.05) is 28.4 Å². The molecule has 1 saturated carbocycles. The molecule has 0 atom stereocenters. The largest absolute Gasteiger partial charge is 0.312 e. The van der Waals surface area contributed by atoms with Crippen molar-refractivity contribution in [3.8, 4) is 11.1 Å². The summed E-state index contributed by atoms with van der Waals surface area (Å²) < 4.78 is 2.08. The minimum absolute atomic E-state index is 0.144. The fourth-order valence-electron chi connectivity index (χ4n) is 3.88. The van der Waals surface area contributed by atoms with Gasteiger partial charge >= 0.3 is 0 Å². The third kappa shape index (κ3) is 2.74. The lowest BCUT2D eigenvalue weighted by molar-refractivity contribution is 0.269. The summed E-state index contributed by atoms with van der Waals surface area (Å²) >= 11 is 6.36. The maximum atomic E-state index is 13.2. The zero-order chi connectivity index (χ0) is 15.8. The third-order valence-corrected chi connectivity index (χ3v) is 5.76. The molecular formula is C20H22ClNO. The molecule has 1 aromatic heterocycles. The normalized spacial score (nSPS) is 17.6. The quantitative estimate of drug-likeness (QED) is 0.790. The Hall–Kier alpha value is -1.54. The number of hydrogen-bond acceptors (Lipinski definition) is 1. The maximum Gasteiger partial charge on any atom is 0.258 e. The number of benzene rings is 1. The van der Waals surface area contributed by atoms with E-state index in [4.69, 9.17) is 11.6 Å². The predicted molar refractivity (Wildman–Crippen MR) is 95.1 cm³/mol. The Morgan fingerprint density at radius 2 is 1.83 bits per heavy atom. The molecule has 0 amide bonds. The Labute approximate surface area is 142 Å². The second kappa shape index (κ2) is 6.16. The average Bonchev–Trinajstić information content (AvgIpc) is 2.53. The summed E-state index contributed by atoms with van der Waals surface area (Å²) in [6.45, 7) is 0.888. The van der Waals surface area contributed by atoms with E-state index in [2.05, 4.69) is 10.6 Å². The van der Waals surface area contributed by atoms with Crippen LogP contribution in [0.15, 0.2) is 35.1 Å². The molecule has 2 aliphatic carbocycles. The van der Waals surface area contributed by atoms with Crippen LogP contribution < -0.4 is 5.56 Å². The van der Waals surface area contributed by atoms with Crippen LogP contribution in [0, 0.1) is 5.92 Å². The van der Waals surface area contributed by atoms with Crippen molar-refractivity contribution in [3.63, 3.8) is 0 Å². The first-order valence-corrected chi connectivity index (χ1v) is 9.12. The second-order valence-corrected chi connectivity index (χ2v) is 7.34. The van der Waals surface area contributed by atoms with Crippen LogP contribution in [0.4, 0.5) is 0 Å². The molecular weight excluding hydrogens is 306 g/mol. The molecule has 0 bridgehead atoms. The molecule has 2 aromatic rings. The molecule has 0 aliphatic heterocycles. The molecule has 2 nitrogen and oxygen atoms in total. The highest BCUT2D eigenvalue weighted by Gasteiger charge is 2.24. The monoisotopic (exact) mass is 327 g/mol.